The number of nitrogens with two attached hydrogens (primary N) is 1. The molecule has 0 aliphatic heterocycles. The number of nitrogen functional groups attached to an aromatic ring is 1. The summed E-state index contributed by atoms with van der Waals surface area (Å²) in [5, 5.41) is 10.7. The van der Waals surface area contributed by atoms with Crippen LogP contribution in [0.1, 0.15) is 10.4 Å². The zero-order valence-electron chi connectivity index (χ0n) is 9.78. The Balaban J connectivity index is 2.23. The maximum atomic E-state index is 11.8. The molecule has 0 fully saturated rings. The van der Waals surface area contributed by atoms with Gasteiger partial charge in [-0.25, -0.2) is 4.79 Å². The van der Waals surface area contributed by atoms with Gasteiger partial charge in [0.25, 0.3) is 5.69 Å². The van der Waals surface area contributed by atoms with E-state index in [0.29, 0.717) is 5.56 Å². The molecule has 2 aromatic carbocycles. The van der Waals surface area contributed by atoms with E-state index in [1.165, 1.54) is 12.1 Å². The molecule has 0 bridgehead atoms. The summed E-state index contributed by atoms with van der Waals surface area (Å²) >= 11 is 0. The van der Waals surface area contributed by atoms with Gasteiger partial charge < -0.3 is 10.5 Å². The molecule has 0 unspecified atom stereocenters. The molecule has 0 aromatic heterocycles. The van der Waals surface area contributed by atoms with Gasteiger partial charge in [0.1, 0.15) is 11.4 Å². The molecule has 96 valence electrons. The molecule has 2 aromatic rings. The Morgan fingerprint density at radius 3 is 2.47 bits per heavy atom. The fourth-order valence-corrected chi connectivity index (χ4v) is 1.49. The molecule has 19 heavy (non-hydrogen) atoms. The van der Waals surface area contributed by atoms with Crippen molar-refractivity contribution >= 4 is 17.3 Å². The first-order chi connectivity index (χ1) is 9.08. The first-order valence-electron chi connectivity index (χ1n) is 5.39. The van der Waals surface area contributed by atoms with Gasteiger partial charge in [-0.3, -0.25) is 10.1 Å². The van der Waals surface area contributed by atoms with Crippen molar-refractivity contribution in [3.63, 3.8) is 0 Å². The largest absolute Gasteiger partial charge is 0.423 e. The molecule has 0 heterocycles. The minimum Gasteiger partial charge on any atom is -0.423 e. The van der Waals surface area contributed by atoms with Gasteiger partial charge >= 0.3 is 5.97 Å². The second-order valence-electron chi connectivity index (χ2n) is 3.73. The molecule has 0 aliphatic rings. The van der Waals surface area contributed by atoms with Crippen LogP contribution in [0.25, 0.3) is 0 Å². The van der Waals surface area contributed by atoms with Gasteiger partial charge in [0.2, 0.25) is 0 Å². The standard InChI is InChI=1S/C13H10N2O4/c14-11-7-6-10(8-12(11)15(17)18)19-13(16)9-4-2-1-3-5-9/h1-8H,14H2. The van der Waals surface area contributed by atoms with Crippen LogP contribution in [-0.2, 0) is 0 Å². The molecule has 6 heteroatoms. The highest BCUT2D eigenvalue weighted by Gasteiger charge is 2.15. The third-order valence-electron chi connectivity index (χ3n) is 2.42. The van der Waals surface area contributed by atoms with Gasteiger partial charge in [-0.1, -0.05) is 18.2 Å². The van der Waals surface area contributed by atoms with E-state index in [4.69, 9.17) is 10.5 Å². The molecular formula is C13H10N2O4. The van der Waals surface area contributed by atoms with E-state index >= 15 is 0 Å². The van der Waals surface area contributed by atoms with Crippen LogP contribution in [0.2, 0.25) is 0 Å². The molecule has 0 saturated heterocycles. The Morgan fingerprint density at radius 1 is 1.16 bits per heavy atom. The summed E-state index contributed by atoms with van der Waals surface area (Å²) in [6, 6.07) is 12.2. The second kappa shape index (κ2) is 5.18. The monoisotopic (exact) mass is 258 g/mol. The van der Waals surface area contributed by atoms with Gasteiger partial charge in [0, 0.05) is 0 Å². The number of carbonyl (C=O) groups is 1. The van der Waals surface area contributed by atoms with E-state index in [9.17, 15) is 14.9 Å². The smallest absolute Gasteiger partial charge is 0.343 e. The molecule has 6 nitrogen and oxygen atoms in total. The lowest BCUT2D eigenvalue weighted by molar-refractivity contribution is -0.383. The lowest BCUT2D eigenvalue weighted by Gasteiger charge is -2.05. The molecule has 2 N–H and O–H groups in total. The number of hydrogen-bond donors (Lipinski definition) is 1. The van der Waals surface area contributed by atoms with E-state index in [-0.39, 0.29) is 17.1 Å². The molecule has 0 amide bonds. The summed E-state index contributed by atoms with van der Waals surface area (Å²) in [5.41, 5.74) is 5.54. The van der Waals surface area contributed by atoms with Crippen molar-refractivity contribution in [2.24, 2.45) is 0 Å². The Kier molecular flexibility index (Phi) is 3.42. The fourth-order valence-electron chi connectivity index (χ4n) is 1.49. The highest BCUT2D eigenvalue weighted by molar-refractivity contribution is 5.91. The summed E-state index contributed by atoms with van der Waals surface area (Å²) < 4.78 is 5.05. The quantitative estimate of drug-likeness (QED) is 0.300. The van der Waals surface area contributed by atoms with Gasteiger partial charge in [-0.2, -0.15) is 0 Å². The van der Waals surface area contributed by atoms with Gasteiger partial charge in [-0.15, -0.1) is 0 Å². The third-order valence-corrected chi connectivity index (χ3v) is 2.42. The van der Waals surface area contributed by atoms with Crippen molar-refractivity contribution in [3.05, 3.63) is 64.2 Å². The minimum atomic E-state index is -0.630. The summed E-state index contributed by atoms with van der Waals surface area (Å²) in [6.45, 7) is 0. The predicted octanol–water partition coefficient (Wildman–Crippen LogP) is 2.40. The van der Waals surface area contributed by atoms with Crippen LogP contribution in [0.3, 0.4) is 0 Å². The number of nitrogens with zero attached hydrogens (tertiary/aromatic N) is 1. The maximum Gasteiger partial charge on any atom is 0.343 e. The molecule has 0 radical (unpaired) electrons. The van der Waals surface area contributed by atoms with E-state index in [1.807, 2.05) is 0 Å². The number of esters is 1. The minimum absolute atomic E-state index is 0.0181. The van der Waals surface area contributed by atoms with Gasteiger partial charge in [-0.05, 0) is 24.3 Å². The molecule has 0 saturated carbocycles. The van der Waals surface area contributed by atoms with Crippen LogP contribution in [0.5, 0.6) is 5.75 Å². The predicted molar refractivity (Wildman–Crippen MR) is 68.9 cm³/mol. The van der Waals surface area contributed by atoms with Crippen LogP contribution < -0.4 is 10.5 Å². The number of nitro groups is 1. The number of rotatable bonds is 3. The number of anilines is 1. The maximum absolute atomic E-state index is 11.8. The van der Waals surface area contributed by atoms with Crippen molar-refractivity contribution in [2.45, 2.75) is 0 Å². The number of carbonyl (C=O) groups excluding carboxylic acids is 1. The SMILES string of the molecule is Nc1ccc(OC(=O)c2ccccc2)cc1[N+](=O)[O-]. The van der Waals surface area contributed by atoms with Gasteiger partial charge in [0.15, 0.2) is 0 Å². The number of benzene rings is 2. The number of ether oxygens (including phenoxy) is 1. The van der Waals surface area contributed by atoms with Crippen molar-refractivity contribution < 1.29 is 14.5 Å². The van der Waals surface area contributed by atoms with E-state index in [0.717, 1.165) is 6.07 Å². The second-order valence-corrected chi connectivity index (χ2v) is 3.73. The topological polar surface area (TPSA) is 95.5 Å². The van der Waals surface area contributed by atoms with Crippen molar-refractivity contribution in [2.75, 3.05) is 5.73 Å². The summed E-state index contributed by atoms with van der Waals surface area (Å²) in [7, 11) is 0. The lowest BCUT2D eigenvalue weighted by Crippen LogP contribution is -2.08. The first-order valence-corrected chi connectivity index (χ1v) is 5.39. The fraction of sp³-hybridized carbons (Fsp3) is 0. The zero-order valence-corrected chi connectivity index (χ0v) is 9.78. The van der Waals surface area contributed by atoms with Crippen LogP contribution in [0, 0.1) is 10.1 Å². The Labute approximate surface area is 108 Å². The highest BCUT2D eigenvalue weighted by Crippen LogP contribution is 2.26. The van der Waals surface area contributed by atoms with Crippen molar-refractivity contribution in [1.29, 1.82) is 0 Å². The Morgan fingerprint density at radius 2 is 1.84 bits per heavy atom. The normalized spacial score (nSPS) is 9.89. The lowest BCUT2D eigenvalue weighted by atomic mass is 10.2. The number of hydrogen-bond acceptors (Lipinski definition) is 5. The molecule has 0 aliphatic carbocycles. The van der Waals surface area contributed by atoms with E-state index in [2.05, 4.69) is 0 Å². The van der Waals surface area contributed by atoms with Crippen molar-refractivity contribution in [3.8, 4) is 5.75 Å². The van der Waals surface area contributed by atoms with Crippen molar-refractivity contribution in [1.82, 2.24) is 0 Å². The van der Waals surface area contributed by atoms with E-state index < -0.39 is 10.9 Å². The molecule has 0 atom stereocenters. The van der Waals surface area contributed by atoms with Gasteiger partial charge in [0.05, 0.1) is 16.6 Å². The Hall–Kier alpha value is -2.89. The zero-order chi connectivity index (χ0) is 13.8. The molecular weight excluding hydrogens is 248 g/mol. The number of nitro benzene ring substituents is 1. The van der Waals surface area contributed by atoms with E-state index in [1.54, 1.807) is 30.3 Å². The van der Waals surface area contributed by atoms with Crippen LogP contribution >= 0.6 is 0 Å². The Bertz CT molecular complexity index is 626. The van der Waals surface area contributed by atoms with Crippen LogP contribution in [0.15, 0.2) is 48.5 Å². The highest BCUT2D eigenvalue weighted by atomic mass is 16.6. The van der Waals surface area contributed by atoms with Crippen LogP contribution in [0.4, 0.5) is 11.4 Å². The third kappa shape index (κ3) is 2.86. The average Bonchev–Trinajstić information content (AvgIpc) is 2.41. The average molecular weight is 258 g/mol. The summed E-state index contributed by atoms with van der Waals surface area (Å²) in [6.07, 6.45) is 0. The molecule has 0 spiro atoms. The molecule has 2 rings (SSSR count). The summed E-state index contributed by atoms with van der Waals surface area (Å²) in [4.78, 5) is 21.8. The summed E-state index contributed by atoms with van der Waals surface area (Å²) in [5.74, 6) is -0.505. The van der Waals surface area contributed by atoms with Crippen LogP contribution in [-0.4, -0.2) is 10.9 Å². The first kappa shape index (κ1) is 12.6.